The molecule has 4 nitrogen and oxygen atoms in total. The maximum Gasteiger partial charge on any atom is 0.141 e. The van der Waals surface area contributed by atoms with E-state index < -0.39 is 0 Å². The number of Topliss-reactive ketones (excluding diaryl/α,β-unsaturated/α-hetero) is 1. The third-order valence-corrected chi connectivity index (χ3v) is 3.78. The van der Waals surface area contributed by atoms with Gasteiger partial charge in [0.1, 0.15) is 5.78 Å². The van der Waals surface area contributed by atoms with Crippen LogP contribution in [0.5, 0.6) is 0 Å². The highest BCUT2D eigenvalue weighted by atomic mass is 16.1. The lowest BCUT2D eigenvalue weighted by atomic mass is 9.83. The molecule has 1 heterocycles. The van der Waals surface area contributed by atoms with Gasteiger partial charge in [0.2, 0.25) is 0 Å². The number of hydrogen-bond donors (Lipinski definition) is 1. The molecule has 2 N–H and O–H groups in total. The molecule has 1 saturated carbocycles. The van der Waals surface area contributed by atoms with Crippen LogP contribution in [0.2, 0.25) is 0 Å². The molecular weight excluding hydrogens is 226 g/mol. The van der Waals surface area contributed by atoms with Crippen molar-refractivity contribution in [1.82, 2.24) is 9.78 Å². The first-order valence-corrected chi connectivity index (χ1v) is 6.88. The largest absolute Gasteiger partial charge is 0.328 e. The maximum atomic E-state index is 12.2. The summed E-state index contributed by atoms with van der Waals surface area (Å²) in [7, 11) is 0. The number of nitrogens with zero attached hydrogens (tertiary/aromatic N) is 2. The highest BCUT2D eigenvalue weighted by Gasteiger charge is 2.24. The van der Waals surface area contributed by atoms with Gasteiger partial charge in [0.15, 0.2) is 0 Å². The van der Waals surface area contributed by atoms with Gasteiger partial charge in [-0.3, -0.25) is 9.48 Å². The molecule has 0 saturated heterocycles. The molecule has 1 fully saturated rings. The Morgan fingerprint density at radius 1 is 1.44 bits per heavy atom. The van der Waals surface area contributed by atoms with Gasteiger partial charge in [-0.05, 0) is 45.6 Å². The zero-order chi connectivity index (χ0) is 13.1. The Labute approximate surface area is 109 Å². The van der Waals surface area contributed by atoms with Crippen molar-refractivity contribution in [3.8, 4) is 0 Å². The van der Waals surface area contributed by atoms with Crippen LogP contribution in [-0.2, 0) is 11.2 Å². The normalized spacial score (nSPS) is 24.4. The first-order chi connectivity index (χ1) is 8.56. The third-order valence-electron chi connectivity index (χ3n) is 3.78. The van der Waals surface area contributed by atoms with E-state index in [1.165, 1.54) is 0 Å². The van der Waals surface area contributed by atoms with E-state index in [1.807, 2.05) is 16.9 Å². The van der Waals surface area contributed by atoms with Crippen LogP contribution in [0.4, 0.5) is 0 Å². The quantitative estimate of drug-likeness (QED) is 0.888. The van der Waals surface area contributed by atoms with Crippen molar-refractivity contribution in [2.24, 2.45) is 11.7 Å². The summed E-state index contributed by atoms with van der Waals surface area (Å²) in [5, 5.41) is 4.43. The van der Waals surface area contributed by atoms with E-state index in [9.17, 15) is 4.79 Å². The average molecular weight is 249 g/mol. The zero-order valence-electron chi connectivity index (χ0n) is 11.3. The summed E-state index contributed by atoms with van der Waals surface area (Å²) in [5.41, 5.74) is 6.75. The number of rotatable bonds is 4. The Bertz CT molecular complexity index is 403. The van der Waals surface area contributed by atoms with Gasteiger partial charge < -0.3 is 5.73 Å². The van der Waals surface area contributed by atoms with Crippen molar-refractivity contribution < 1.29 is 4.79 Å². The average Bonchev–Trinajstić information content (AvgIpc) is 2.78. The van der Waals surface area contributed by atoms with Crippen LogP contribution in [0, 0.1) is 5.92 Å². The summed E-state index contributed by atoms with van der Waals surface area (Å²) in [5.74, 6) is 0.532. The van der Waals surface area contributed by atoms with Crippen molar-refractivity contribution in [2.45, 2.75) is 58.0 Å². The van der Waals surface area contributed by atoms with Crippen molar-refractivity contribution in [2.75, 3.05) is 0 Å². The number of carbonyl (C=O) groups excluding carboxylic acids is 1. The summed E-state index contributed by atoms with van der Waals surface area (Å²) < 4.78 is 1.90. The predicted octanol–water partition coefficient (Wildman–Crippen LogP) is 2.09. The van der Waals surface area contributed by atoms with E-state index in [1.54, 1.807) is 0 Å². The fourth-order valence-corrected chi connectivity index (χ4v) is 2.52. The number of hydrogen-bond acceptors (Lipinski definition) is 3. The van der Waals surface area contributed by atoms with E-state index in [2.05, 4.69) is 18.9 Å². The Morgan fingerprint density at radius 2 is 2.11 bits per heavy atom. The van der Waals surface area contributed by atoms with E-state index >= 15 is 0 Å². The molecule has 4 heteroatoms. The molecule has 18 heavy (non-hydrogen) atoms. The minimum absolute atomic E-state index is 0.203. The van der Waals surface area contributed by atoms with Crippen molar-refractivity contribution in [3.63, 3.8) is 0 Å². The van der Waals surface area contributed by atoms with Crippen LogP contribution >= 0.6 is 0 Å². The monoisotopic (exact) mass is 249 g/mol. The first kappa shape index (κ1) is 13.3. The molecule has 0 aromatic carbocycles. The van der Waals surface area contributed by atoms with Gasteiger partial charge in [0, 0.05) is 24.2 Å². The summed E-state index contributed by atoms with van der Waals surface area (Å²) in [6.45, 7) is 4.17. The summed E-state index contributed by atoms with van der Waals surface area (Å²) in [4.78, 5) is 12.2. The molecule has 100 valence electrons. The molecule has 1 aliphatic rings. The molecule has 0 radical (unpaired) electrons. The molecule has 0 aliphatic heterocycles. The SMILES string of the molecule is CC(C)n1ccc(CC(=O)C2CCC(N)CC2)n1. The van der Waals surface area contributed by atoms with Gasteiger partial charge in [-0.15, -0.1) is 0 Å². The second-order valence-electron chi connectivity index (χ2n) is 5.64. The lowest BCUT2D eigenvalue weighted by molar-refractivity contribution is -0.123. The lowest BCUT2D eigenvalue weighted by Gasteiger charge is -2.24. The smallest absolute Gasteiger partial charge is 0.141 e. The molecule has 0 unspecified atom stereocenters. The highest BCUT2D eigenvalue weighted by molar-refractivity contribution is 5.82. The molecule has 1 aromatic rings. The van der Waals surface area contributed by atoms with Crippen LogP contribution in [0.1, 0.15) is 51.3 Å². The summed E-state index contributed by atoms with van der Waals surface area (Å²) in [6.07, 6.45) is 6.28. The maximum absolute atomic E-state index is 12.2. The van der Waals surface area contributed by atoms with Crippen molar-refractivity contribution in [1.29, 1.82) is 0 Å². The van der Waals surface area contributed by atoms with Crippen LogP contribution in [-0.4, -0.2) is 21.6 Å². The Balaban J connectivity index is 1.90. The number of carbonyl (C=O) groups is 1. The first-order valence-electron chi connectivity index (χ1n) is 6.88. The molecule has 0 bridgehead atoms. The lowest BCUT2D eigenvalue weighted by Crippen LogP contribution is -2.30. The predicted molar refractivity (Wildman–Crippen MR) is 71.3 cm³/mol. The Morgan fingerprint density at radius 3 is 2.67 bits per heavy atom. The van der Waals surface area contributed by atoms with E-state index in [0.717, 1.165) is 31.4 Å². The van der Waals surface area contributed by atoms with Crippen LogP contribution in [0.3, 0.4) is 0 Å². The van der Waals surface area contributed by atoms with E-state index in [0.29, 0.717) is 24.3 Å². The highest BCUT2D eigenvalue weighted by Crippen LogP contribution is 2.24. The number of aromatic nitrogens is 2. The van der Waals surface area contributed by atoms with E-state index in [-0.39, 0.29) is 5.92 Å². The van der Waals surface area contributed by atoms with Gasteiger partial charge in [0.25, 0.3) is 0 Å². The van der Waals surface area contributed by atoms with Gasteiger partial charge in [0.05, 0.1) is 12.1 Å². The topological polar surface area (TPSA) is 60.9 Å². The molecule has 0 atom stereocenters. The van der Waals surface area contributed by atoms with Gasteiger partial charge in [-0.25, -0.2) is 0 Å². The molecule has 1 aromatic heterocycles. The molecule has 0 amide bonds. The molecule has 1 aliphatic carbocycles. The second kappa shape index (κ2) is 5.65. The minimum Gasteiger partial charge on any atom is -0.328 e. The zero-order valence-corrected chi connectivity index (χ0v) is 11.3. The van der Waals surface area contributed by atoms with E-state index in [4.69, 9.17) is 5.73 Å². The van der Waals surface area contributed by atoms with Crippen LogP contribution < -0.4 is 5.73 Å². The summed E-state index contributed by atoms with van der Waals surface area (Å²) >= 11 is 0. The Kier molecular flexibility index (Phi) is 4.17. The molecule has 0 spiro atoms. The van der Waals surface area contributed by atoms with Crippen LogP contribution in [0.15, 0.2) is 12.3 Å². The molecule has 2 rings (SSSR count). The standard InChI is InChI=1S/C14H23N3O/c1-10(2)17-8-7-13(16-17)9-14(18)11-3-5-12(15)6-4-11/h7-8,10-12H,3-6,9,15H2,1-2H3. The fraction of sp³-hybridized carbons (Fsp3) is 0.714. The van der Waals surface area contributed by atoms with Gasteiger partial charge in [-0.1, -0.05) is 0 Å². The summed E-state index contributed by atoms with van der Waals surface area (Å²) in [6, 6.07) is 2.60. The van der Waals surface area contributed by atoms with Crippen LogP contribution in [0.25, 0.3) is 0 Å². The number of ketones is 1. The second-order valence-corrected chi connectivity index (χ2v) is 5.64. The fourth-order valence-electron chi connectivity index (χ4n) is 2.52. The minimum atomic E-state index is 0.203. The third kappa shape index (κ3) is 3.19. The number of nitrogens with two attached hydrogens (primary N) is 1. The van der Waals surface area contributed by atoms with Crippen molar-refractivity contribution >= 4 is 5.78 Å². The van der Waals surface area contributed by atoms with Gasteiger partial charge in [-0.2, -0.15) is 5.10 Å². The van der Waals surface area contributed by atoms with Crippen molar-refractivity contribution in [3.05, 3.63) is 18.0 Å². The Hall–Kier alpha value is -1.16. The van der Waals surface area contributed by atoms with Gasteiger partial charge >= 0.3 is 0 Å². The molecular formula is C14H23N3O.